The highest BCUT2D eigenvalue weighted by Crippen LogP contribution is 2.66. The molecular formula is C31H45ClN2O2. The molecule has 0 spiro atoms. The van der Waals surface area contributed by atoms with Crippen molar-refractivity contribution in [2.45, 2.75) is 83.8 Å². The van der Waals surface area contributed by atoms with E-state index in [1.165, 1.54) is 24.8 Å². The molecule has 2 unspecified atom stereocenters. The minimum atomic E-state index is -0.543. The van der Waals surface area contributed by atoms with E-state index in [1.807, 2.05) is 12.1 Å². The number of piperazine rings is 1. The molecule has 36 heavy (non-hydrogen) atoms. The average molecular weight is 513 g/mol. The highest BCUT2D eigenvalue weighted by Gasteiger charge is 2.61. The van der Waals surface area contributed by atoms with Gasteiger partial charge in [-0.2, -0.15) is 0 Å². The van der Waals surface area contributed by atoms with Crippen molar-refractivity contribution in [3.63, 3.8) is 0 Å². The number of Topliss-reactive ketones (excluding diaryl/α,β-unsaturated/α-hetero) is 1. The summed E-state index contributed by atoms with van der Waals surface area (Å²) in [5.41, 5.74) is 1.05. The summed E-state index contributed by atoms with van der Waals surface area (Å²) >= 11 is 6.17. The van der Waals surface area contributed by atoms with Gasteiger partial charge in [0, 0.05) is 56.1 Å². The van der Waals surface area contributed by atoms with Crippen molar-refractivity contribution in [2.75, 3.05) is 32.7 Å². The molecule has 0 aromatic heterocycles. The summed E-state index contributed by atoms with van der Waals surface area (Å²) in [5.74, 6) is 3.27. The third-order valence-electron chi connectivity index (χ3n) is 11.8. The molecule has 4 nitrogen and oxygen atoms in total. The maximum atomic E-state index is 12.7. The fourth-order valence-corrected chi connectivity index (χ4v) is 9.87. The first-order chi connectivity index (χ1) is 17.2. The van der Waals surface area contributed by atoms with E-state index in [-0.39, 0.29) is 5.41 Å². The third-order valence-corrected chi connectivity index (χ3v) is 12.0. The molecule has 1 aromatic carbocycles. The summed E-state index contributed by atoms with van der Waals surface area (Å²) < 4.78 is 0. The molecule has 0 bridgehead atoms. The summed E-state index contributed by atoms with van der Waals surface area (Å²) in [5, 5.41) is 12.6. The standard InChI is InChI=1S/C31H45ClN2O2/c1-29-12-13-31(36,21-34-16-14-33(15-17-34)20-22-4-3-5-24(32)18-22)19-23(29)6-7-25-26-8-9-28(35)30(26,2)11-10-27(25)29/h3-5,18,23,25-27,36H,6-17,19-21H2,1-2H3/t23?,25-,26-,27+,29-,30-,31?/m0/s1. The molecule has 198 valence electrons. The Bertz CT molecular complexity index is 993. The lowest BCUT2D eigenvalue weighted by molar-refractivity contribution is -0.158. The van der Waals surface area contributed by atoms with Crippen LogP contribution in [0.4, 0.5) is 0 Å². The first-order valence-electron chi connectivity index (χ1n) is 14.6. The smallest absolute Gasteiger partial charge is 0.139 e. The van der Waals surface area contributed by atoms with Gasteiger partial charge in [-0.3, -0.25) is 14.6 Å². The van der Waals surface area contributed by atoms with Gasteiger partial charge in [0.2, 0.25) is 0 Å². The number of fused-ring (bicyclic) bond motifs is 5. The van der Waals surface area contributed by atoms with E-state index in [2.05, 4.69) is 35.8 Å². The van der Waals surface area contributed by atoms with E-state index >= 15 is 0 Å². The first-order valence-corrected chi connectivity index (χ1v) is 15.0. The van der Waals surface area contributed by atoms with Crippen molar-refractivity contribution >= 4 is 17.4 Å². The monoisotopic (exact) mass is 512 g/mol. The second-order valence-electron chi connectivity index (χ2n) is 13.7. The SMILES string of the molecule is C[C@]12CCC(O)(CN3CCN(Cc4cccc(Cl)c4)CC3)CC1CC[C@@H]1[C@H]2CC[C@]2(C)C(=O)CC[C@@H]12. The number of nitrogens with zero attached hydrogens (tertiary/aromatic N) is 2. The topological polar surface area (TPSA) is 43.8 Å². The fraction of sp³-hybridized carbons (Fsp3) is 0.774. The van der Waals surface area contributed by atoms with Gasteiger partial charge in [-0.15, -0.1) is 0 Å². The highest BCUT2D eigenvalue weighted by atomic mass is 35.5. The van der Waals surface area contributed by atoms with Gasteiger partial charge in [0.1, 0.15) is 5.78 Å². The van der Waals surface area contributed by atoms with Crippen LogP contribution in [-0.2, 0) is 11.3 Å². The first kappa shape index (κ1) is 25.3. The molecule has 5 heteroatoms. The lowest BCUT2D eigenvalue weighted by Gasteiger charge is -2.61. The number of hydrogen-bond donors (Lipinski definition) is 1. The van der Waals surface area contributed by atoms with Crippen molar-refractivity contribution < 1.29 is 9.90 Å². The average Bonchev–Trinajstić information content (AvgIpc) is 3.15. The van der Waals surface area contributed by atoms with Crippen LogP contribution in [0, 0.1) is 34.5 Å². The van der Waals surface area contributed by atoms with Gasteiger partial charge in [-0.25, -0.2) is 0 Å². The minimum absolute atomic E-state index is 0.0331. The summed E-state index contributed by atoms with van der Waals surface area (Å²) in [6.45, 7) is 10.8. The number of ketones is 1. The molecule has 7 atom stereocenters. The molecule has 6 rings (SSSR count). The van der Waals surface area contributed by atoms with E-state index in [4.69, 9.17) is 11.6 Å². The molecule has 0 radical (unpaired) electrons. The molecule has 5 fully saturated rings. The van der Waals surface area contributed by atoms with E-state index in [0.29, 0.717) is 23.0 Å². The van der Waals surface area contributed by atoms with Crippen molar-refractivity contribution in [2.24, 2.45) is 34.5 Å². The van der Waals surface area contributed by atoms with Crippen LogP contribution in [0.5, 0.6) is 0 Å². The maximum Gasteiger partial charge on any atom is 0.139 e. The predicted molar refractivity (Wildman–Crippen MR) is 145 cm³/mol. The Morgan fingerprint density at radius 1 is 0.972 bits per heavy atom. The normalized spacial score (nSPS) is 43.6. The molecule has 1 saturated heterocycles. The number of rotatable bonds is 4. The second-order valence-corrected chi connectivity index (χ2v) is 14.1. The van der Waals surface area contributed by atoms with Crippen molar-refractivity contribution in [3.8, 4) is 0 Å². The summed E-state index contributed by atoms with van der Waals surface area (Å²) in [6, 6.07) is 8.20. The fourth-order valence-electron chi connectivity index (χ4n) is 9.65. The molecule has 1 aliphatic heterocycles. The Morgan fingerprint density at radius 3 is 2.53 bits per heavy atom. The molecule has 4 saturated carbocycles. The number of benzene rings is 1. The van der Waals surface area contributed by atoms with Crippen LogP contribution in [0.1, 0.15) is 77.2 Å². The molecule has 1 heterocycles. The number of aliphatic hydroxyl groups is 1. The van der Waals surface area contributed by atoms with E-state index in [9.17, 15) is 9.90 Å². The lowest BCUT2D eigenvalue weighted by Crippen LogP contribution is -2.59. The van der Waals surface area contributed by atoms with Crippen molar-refractivity contribution in [3.05, 3.63) is 34.9 Å². The summed E-state index contributed by atoms with van der Waals surface area (Å²) in [7, 11) is 0. The van der Waals surface area contributed by atoms with E-state index < -0.39 is 5.60 Å². The second kappa shape index (κ2) is 9.36. The number of halogens is 1. The molecule has 5 aliphatic rings. The van der Waals surface area contributed by atoms with Gasteiger partial charge in [0.25, 0.3) is 0 Å². The minimum Gasteiger partial charge on any atom is -0.389 e. The van der Waals surface area contributed by atoms with Crippen LogP contribution < -0.4 is 0 Å². The molecule has 1 N–H and O–H groups in total. The zero-order valence-electron chi connectivity index (χ0n) is 22.4. The largest absolute Gasteiger partial charge is 0.389 e. The number of carbonyl (C=O) groups excluding carboxylic acids is 1. The maximum absolute atomic E-state index is 12.7. The van der Waals surface area contributed by atoms with E-state index in [0.717, 1.165) is 94.7 Å². The predicted octanol–water partition coefficient (Wildman–Crippen LogP) is 5.80. The highest BCUT2D eigenvalue weighted by molar-refractivity contribution is 6.30. The molecular weight excluding hydrogens is 468 g/mol. The van der Waals surface area contributed by atoms with Gasteiger partial charge < -0.3 is 5.11 Å². The zero-order chi connectivity index (χ0) is 25.1. The number of carbonyl (C=O) groups is 1. The van der Waals surface area contributed by atoms with E-state index in [1.54, 1.807) is 0 Å². The van der Waals surface area contributed by atoms with Crippen molar-refractivity contribution in [1.82, 2.24) is 9.80 Å². The summed E-state index contributed by atoms with van der Waals surface area (Å²) in [6.07, 6.45) is 9.85. The Kier molecular flexibility index (Phi) is 6.59. The molecule has 4 aliphatic carbocycles. The lowest BCUT2D eigenvalue weighted by atomic mass is 9.44. The molecule has 0 amide bonds. The Balaban J connectivity index is 1.05. The van der Waals surface area contributed by atoms with Crippen LogP contribution in [0.15, 0.2) is 24.3 Å². The Hall–Kier alpha value is -0.940. The number of β-amino-alcohol motifs (C(OH)–C–C–N with tert-alkyl or cyclic N) is 1. The van der Waals surface area contributed by atoms with Crippen LogP contribution in [0.25, 0.3) is 0 Å². The van der Waals surface area contributed by atoms with Crippen molar-refractivity contribution in [1.29, 1.82) is 0 Å². The van der Waals surface area contributed by atoms with Gasteiger partial charge >= 0.3 is 0 Å². The van der Waals surface area contributed by atoms with Crippen LogP contribution in [0.2, 0.25) is 5.02 Å². The Morgan fingerprint density at radius 2 is 1.75 bits per heavy atom. The number of hydrogen-bond acceptors (Lipinski definition) is 4. The van der Waals surface area contributed by atoms with Crippen LogP contribution in [-0.4, -0.2) is 59.0 Å². The van der Waals surface area contributed by atoms with Gasteiger partial charge in [0.05, 0.1) is 5.60 Å². The van der Waals surface area contributed by atoms with Gasteiger partial charge in [-0.05, 0) is 98.1 Å². The third kappa shape index (κ3) is 4.38. The zero-order valence-corrected chi connectivity index (χ0v) is 23.1. The quantitative estimate of drug-likeness (QED) is 0.553. The summed E-state index contributed by atoms with van der Waals surface area (Å²) in [4.78, 5) is 17.7. The van der Waals surface area contributed by atoms with Crippen LogP contribution >= 0.6 is 11.6 Å². The van der Waals surface area contributed by atoms with Gasteiger partial charge in [-0.1, -0.05) is 37.6 Å². The Labute approximate surface area is 222 Å². The molecule has 1 aromatic rings. The van der Waals surface area contributed by atoms with Gasteiger partial charge in [0.15, 0.2) is 0 Å². The van der Waals surface area contributed by atoms with Crippen LogP contribution in [0.3, 0.4) is 0 Å².